The van der Waals surface area contributed by atoms with E-state index in [1.807, 2.05) is 43.3 Å². The van der Waals surface area contributed by atoms with Crippen LogP contribution in [0.3, 0.4) is 0 Å². The summed E-state index contributed by atoms with van der Waals surface area (Å²) < 4.78 is 5.66. The summed E-state index contributed by atoms with van der Waals surface area (Å²) in [5.74, 6) is 0.0428. The summed E-state index contributed by atoms with van der Waals surface area (Å²) in [6.07, 6.45) is -0.220. The molecule has 0 fully saturated rings. The molecule has 1 heterocycles. The van der Waals surface area contributed by atoms with E-state index in [0.29, 0.717) is 29.4 Å². The second-order valence-electron chi connectivity index (χ2n) is 5.99. The van der Waals surface area contributed by atoms with Crippen LogP contribution in [0.2, 0.25) is 5.02 Å². The SMILES string of the molecule is Cc1ccc2c(c1)NC(=O)C(CC(=O)NCCc1ccccc1Cl)O2. The quantitative estimate of drug-likeness (QED) is 0.863. The van der Waals surface area contributed by atoms with E-state index in [1.165, 1.54) is 0 Å². The smallest absolute Gasteiger partial charge is 0.266 e. The minimum Gasteiger partial charge on any atom is -0.478 e. The molecule has 1 aliphatic heterocycles. The minimum absolute atomic E-state index is 0.0261. The molecule has 3 rings (SSSR count). The van der Waals surface area contributed by atoms with Crippen molar-refractivity contribution in [3.05, 3.63) is 58.6 Å². The van der Waals surface area contributed by atoms with Crippen molar-refractivity contribution >= 4 is 29.1 Å². The second-order valence-corrected chi connectivity index (χ2v) is 6.40. The molecule has 1 atom stereocenters. The summed E-state index contributed by atoms with van der Waals surface area (Å²) in [6, 6.07) is 13.0. The molecular formula is C19H19ClN2O3. The number of carbonyl (C=O) groups excluding carboxylic acids is 2. The maximum Gasteiger partial charge on any atom is 0.266 e. The third-order valence-corrected chi connectivity index (χ3v) is 4.37. The summed E-state index contributed by atoms with van der Waals surface area (Å²) >= 11 is 6.09. The molecule has 2 aromatic carbocycles. The number of hydrogen-bond acceptors (Lipinski definition) is 3. The van der Waals surface area contributed by atoms with Gasteiger partial charge in [0.15, 0.2) is 6.10 Å². The molecule has 2 amide bonds. The molecule has 1 unspecified atom stereocenters. The lowest BCUT2D eigenvalue weighted by atomic mass is 10.1. The molecule has 0 bridgehead atoms. The first-order valence-corrected chi connectivity index (χ1v) is 8.49. The van der Waals surface area contributed by atoms with Crippen molar-refractivity contribution in [3.63, 3.8) is 0 Å². The van der Waals surface area contributed by atoms with Crippen LogP contribution < -0.4 is 15.4 Å². The molecule has 130 valence electrons. The van der Waals surface area contributed by atoms with Crippen molar-refractivity contribution in [2.24, 2.45) is 0 Å². The number of ether oxygens (including phenoxy) is 1. The van der Waals surface area contributed by atoms with Gasteiger partial charge in [-0.15, -0.1) is 0 Å². The van der Waals surface area contributed by atoms with E-state index in [0.717, 1.165) is 11.1 Å². The Bertz CT molecular complexity index is 807. The predicted octanol–water partition coefficient (Wildman–Crippen LogP) is 3.10. The zero-order valence-corrected chi connectivity index (χ0v) is 14.6. The van der Waals surface area contributed by atoms with Gasteiger partial charge >= 0.3 is 0 Å². The van der Waals surface area contributed by atoms with Gasteiger partial charge in [0, 0.05) is 11.6 Å². The highest BCUT2D eigenvalue weighted by Crippen LogP contribution is 2.30. The van der Waals surface area contributed by atoms with Crippen LogP contribution in [0.4, 0.5) is 5.69 Å². The van der Waals surface area contributed by atoms with Crippen LogP contribution in [-0.2, 0) is 16.0 Å². The normalized spacial score (nSPS) is 15.8. The molecule has 5 nitrogen and oxygen atoms in total. The van der Waals surface area contributed by atoms with Crippen molar-refractivity contribution in [2.45, 2.75) is 25.9 Å². The van der Waals surface area contributed by atoms with Crippen LogP contribution in [0.15, 0.2) is 42.5 Å². The van der Waals surface area contributed by atoms with E-state index >= 15 is 0 Å². The zero-order valence-electron chi connectivity index (χ0n) is 13.8. The highest BCUT2D eigenvalue weighted by atomic mass is 35.5. The predicted molar refractivity (Wildman–Crippen MR) is 97.0 cm³/mol. The molecule has 0 saturated carbocycles. The van der Waals surface area contributed by atoms with Crippen molar-refractivity contribution < 1.29 is 14.3 Å². The number of nitrogens with one attached hydrogen (secondary N) is 2. The number of halogens is 1. The van der Waals surface area contributed by atoms with Gasteiger partial charge < -0.3 is 15.4 Å². The van der Waals surface area contributed by atoms with Gasteiger partial charge in [-0.1, -0.05) is 35.9 Å². The molecular weight excluding hydrogens is 340 g/mol. The van der Waals surface area contributed by atoms with Gasteiger partial charge in [-0.05, 0) is 42.7 Å². The van der Waals surface area contributed by atoms with Crippen LogP contribution in [-0.4, -0.2) is 24.5 Å². The maximum absolute atomic E-state index is 12.1. The molecule has 2 aromatic rings. The Kier molecular flexibility index (Phi) is 5.24. The van der Waals surface area contributed by atoms with Crippen molar-refractivity contribution in [1.82, 2.24) is 5.32 Å². The van der Waals surface area contributed by atoms with Gasteiger partial charge in [-0.3, -0.25) is 9.59 Å². The lowest BCUT2D eigenvalue weighted by Crippen LogP contribution is -2.41. The van der Waals surface area contributed by atoms with Crippen LogP contribution in [0, 0.1) is 6.92 Å². The zero-order chi connectivity index (χ0) is 17.8. The Labute approximate surface area is 151 Å². The van der Waals surface area contributed by atoms with Gasteiger partial charge in [0.05, 0.1) is 12.1 Å². The lowest BCUT2D eigenvalue weighted by Gasteiger charge is -2.25. The molecule has 0 spiro atoms. The second kappa shape index (κ2) is 7.57. The van der Waals surface area contributed by atoms with Gasteiger partial charge in [-0.2, -0.15) is 0 Å². The first-order valence-electron chi connectivity index (χ1n) is 8.11. The van der Waals surface area contributed by atoms with Crippen LogP contribution in [0.25, 0.3) is 0 Å². The van der Waals surface area contributed by atoms with Gasteiger partial charge in [0.25, 0.3) is 5.91 Å². The van der Waals surface area contributed by atoms with Crippen molar-refractivity contribution in [2.75, 3.05) is 11.9 Å². The largest absolute Gasteiger partial charge is 0.478 e. The topological polar surface area (TPSA) is 67.4 Å². The Morgan fingerprint density at radius 3 is 2.88 bits per heavy atom. The Hall–Kier alpha value is -2.53. The standard InChI is InChI=1S/C19H19ClN2O3/c1-12-6-7-16-15(10-12)22-19(24)17(25-16)11-18(23)21-9-8-13-4-2-3-5-14(13)20/h2-7,10,17H,8-9,11H2,1H3,(H,21,23)(H,22,24). The molecule has 6 heteroatoms. The molecule has 25 heavy (non-hydrogen) atoms. The van der Waals surface area contributed by atoms with Crippen LogP contribution in [0.1, 0.15) is 17.5 Å². The van der Waals surface area contributed by atoms with E-state index in [4.69, 9.17) is 16.3 Å². The fourth-order valence-corrected chi connectivity index (χ4v) is 2.91. The Balaban J connectivity index is 1.52. The monoisotopic (exact) mass is 358 g/mol. The Morgan fingerprint density at radius 1 is 1.28 bits per heavy atom. The molecule has 0 radical (unpaired) electrons. The number of hydrogen-bond donors (Lipinski definition) is 2. The van der Waals surface area contributed by atoms with Gasteiger partial charge in [-0.25, -0.2) is 0 Å². The number of anilines is 1. The number of benzene rings is 2. The fourth-order valence-electron chi connectivity index (χ4n) is 2.68. The lowest BCUT2D eigenvalue weighted by molar-refractivity contribution is -0.130. The number of fused-ring (bicyclic) bond motifs is 1. The van der Waals surface area contributed by atoms with Gasteiger partial charge in [0.2, 0.25) is 5.91 Å². The third kappa shape index (κ3) is 4.31. The average Bonchev–Trinajstić information content (AvgIpc) is 2.57. The van der Waals surface area contributed by atoms with E-state index in [9.17, 15) is 9.59 Å². The molecule has 2 N–H and O–H groups in total. The van der Waals surface area contributed by atoms with Crippen LogP contribution >= 0.6 is 11.6 Å². The Morgan fingerprint density at radius 2 is 2.08 bits per heavy atom. The average molecular weight is 359 g/mol. The van der Waals surface area contributed by atoms with Crippen LogP contribution in [0.5, 0.6) is 5.75 Å². The van der Waals surface area contributed by atoms with Crippen molar-refractivity contribution in [1.29, 1.82) is 0 Å². The molecule has 0 aliphatic carbocycles. The summed E-state index contributed by atoms with van der Waals surface area (Å²) in [4.78, 5) is 24.2. The minimum atomic E-state index is -0.824. The first-order chi connectivity index (χ1) is 12.0. The van der Waals surface area contributed by atoms with E-state index in [-0.39, 0.29) is 18.2 Å². The molecule has 1 aliphatic rings. The summed E-state index contributed by atoms with van der Waals surface area (Å²) in [5, 5.41) is 6.27. The summed E-state index contributed by atoms with van der Waals surface area (Å²) in [6.45, 7) is 2.39. The first kappa shape index (κ1) is 17.3. The highest BCUT2D eigenvalue weighted by Gasteiger charge is 2.29. The van der Waals surface area contributed by atoms with Gasteiger partial charge in [0.1, 0.15) is 5.75 Å². The maximum atomic E-state index is 12.1. The van der Waals surface area contributed by atoms with Crippen molar-refractivity contribution in [3.8, 4) is 5.75 Å². The number of amides is 2. The van der Waals surface area contributed by atoms with E-state index in [1.54, 1.807) is 6.07 Å². The number of rotatable bonds is 5. The summed E-state index contributed by atoms with van der Waals surface area (Å²) in [5.41, 5.74) is 2.64. The number of aryl methyl sites for hydroxylation is 1. The van der Waals surface area contributed by atoms with E-state index < -0.39 is 6.10 Å². The highest BCUT2D eigenvalue weighted by molar-refractivity contribution is 6.31. The molecule has 0 aromatic heterocycles. The summed E-state index contributed by atoms with van der Waals surface area (Å²) in [7, 11) is 0. The molecule has 0 saturated heterocycles. The fraction of sp³-hybridized carbons (Fsp3) is 0.263. The van der Waals surface area contributed by atoms with E-state index in [2.05, 4.69) is 10.6 Å². The third-order valence-electron chi connectivity index (χ3n) is 4.00. The number of carbonyl (C=O) groups is 2.